The summed E-state index contributed by atoms with van der Waals surface area (Å²) >= 11 is 0. The number of hydrogen-bond acceptors (Lipinski definition) is 4. The molecule has 0 spiro atoms. The summed E-state index contributed by atoms with van der Waals surface area (Å²) in [6.07, 6.45) is -4.43. The molecule has 0 bridgehead atoms. The Balaban J connectivity index is 2.16. The topological polar surface area (TPSA) is 83.8 Å². The molecule has 2 aromatic heterocycles. The van der Waals surface area contributed by atoms with Crippen LogP contribution in [0.3, 0.4) is 0 Å². The van der Waals surface area contributed by atoms with Crippen LogP contribution in [0.1, 0.15) is 35.6 Å². The summed E-state index contributed by atoms with van der Waals surface area (Å²) < 4.78 is 39.6. The van der Waals surface area contributed by atoms with Crippen molar-refractivity contribution in [2.24, 2.45) is 0 Å². The second kappa shape index (κ2) is 6.66. The lowest BCUT2D eigenvalue weighted by Gasteiger charge is -2.09. The van der Waals surface area contributed by atoms with Gasteiger partial charge in [0.05, 0.1) is 18.2 Å². The van der Waals surface area contributed by atoms with E-state index in [0.29, 0.717) is 17.0 Å². The van der Waals surface area contributed by atoms with E-state index in [0.717, 1.165) is 12.1 Å². The van der Waals surface area contributed by atoms with Crippen LogP contribution in [-0.2, 0) is 6.18 Å². The van der Waals surface area contributed by atoms with Crippen LogP contribution in [-0.4, -0.2) is 31.5 Å². The number of nitrogens with one attached hydrogen (secondary N) is 1. The first kappa shape index (κ1) is 18.8. The average molecular weight is 378 g/mol. The lowest BCUT2D eigenvalue weighted by atomic mass is 10.0. The number of hydrogen-bond donors (Lipinski definition) is 2. The van der Waals surface area contributed by atoms with E-state index < -0.39 is 23.3 Å². The number of rotatable bonds is 4. The van der Waals surface area contributed by atoms with Gasteiger partial charge in [-0.05, 0) is 31.5 Å². The largest absolute Gasteiger partial charge is 0.416 e. The molecule has 6 nitrogen and oxygen atoms in total. The Morgan fingerprint density at radius 2 is 1.96 bits per heavy atom. The maximum atomic E-state index is 12.8. The number of fused-ring (bicyclic) bond motifs is 1. The first-order chi connectivity index (χ1) is 12.6. The van der Waals surface area contributed by atoms with Crippen LogP contribution < -0.4 is 5.56 Å². The second-order valence-electron chi connectivity index (χ2n) is 6.23. The fraction of sp³-hybridized carbons (Fsp3) is 0.278. The molecule has 2 heterocycles. The van der Waals surface area contributed by atoms with Crippen LogP contribution in [0.4, 0.5) is 13.2 Å². The third-order valence-corrected chi connectivity index (χ3v) is 4.20. The van der Waals surface area contributed by atoms with Gasteiger partial charge in [-0.25, -0.2) is 4.98 Å². The van der Waals surface area contributed by atoms with E-state index in [-0.39, 0.29) is 23.3 Å². The number of aromatic nitrogens is 4. The van der Waals surface area contributed by atoms with Gasteiger partial charge in [0.1, 0.15) is 17.0 Å². The molecule has 0 aliphatic rings. The van der Waals surface area contributed by atoms with Crippen LogP contribution >= 0.6 is 0 Å². The molecular formula is C18H17F3N4O2. The Hall–Kier alpha value is -2.94. The van der Waals surface area contributed by atoms with Crippen LogP contribution in [0.2, 0.25) is 0 Å². The summed E-state index contributed by atoms with van der Waals surface area (Å²) in [5.41, 5.74) is 0.289. The van der Waals surface area contributed by atoms with E-state index in [4.69, 9.17) is 0 Å². The molecule has 0 aliphatic heterocycles. The highest BCUT2D eigenvalue weighted by molar-refractivity contribution is 5.91. The van der Waals surface area contributed by atoms with E-state index in [1.54, 1.807) is 13.8 Å². The minimum atomic E-state index is -4.43. The summed E-state index contributed by atoms with van der Waals surface area (Å²) in [5.74, 6) is 0.366. The molecule has 9 heteroatoms. The van der Waals surface area contributed by atoms with Crippen molar-refractivity contribution in [3.63, 3.8) is 0 Å². The number of nitrogens with zero attached hydrogens (tertiary/aromatic N) is 3. The molecule has 0 amide bonds. The maximum Gasteiger partial charge on any atom is 0.416 e. The lowest BCUT2D eigenvalue weighted by molar-refractivity contribution is -0.137. The first-order valence-electron chi connectivity index (χ1n) is 8.10. The molecular weight excluding hydrogens is 361 g/mol. The van der Waals surface area contributed by atoms with Crippen LogP contribution in [0.25, 0.3) is 16.6 Å². The van der Waals surface area contributed by atoms with Gasteiger partial charge in [-0.2, -0.15) is 18.3 Å². The molecule has 0 fully saturated rings. The molecule has 0 saturated carbocycles. The Kier molecular flexibility index (Phi) is 4.64. The predicted molar refractivity (Wildman–Crippen MR) is 94.3 cm³/mol. The van der Waals surface area contributed by atoms with Crippen molar-refractivity contribution in [2.45, 2.75) is 26.1 Å². The number of aliphatic hydroxyl groups is 1. The Morgan fingerprint density at radius 3 is 2.52 bits per heavy atom. The van der Waals surface area contributed by atoms with Crippen molar-refractivity contribution in [2.75, 3.05) is 6.61 Å². The second-order valence-corrected chi connectivity index (χ2v) is 6.23. The van der Waals surface area contributed by atoms with Gasteiger partial charge in [-0.1, -0.05) is 18.7 Å². The zero-order valence-electron chi connectivity index (χ0n) is 14.6. The normalized spacial score (nSPS) is 13.1. The molecule has 142 valence electrons. The highest BCUT2D eigenvalue weighted by Crippen LogP contribution is 2.32. The molecule has 27 heavy (non-hydrogen) atoms. The molecule has 1 atom stereocenters. The third-order valence-electron chi connectivity index (χ3n) is 4.20. The van der Waals surface area contributed by atoms with Crippen molar-refractivity contribution in [1.82, 2.24) is 19.7 Å². The van der Waals surface area contributed by atoms with Gasteiger partial charge >= 0.3 is 6.18 Å². The van der Waals surface area contributed by atoms with Gasteiger partial charge < -0.3 is 10.1 Å². The van der Waals surface area contributed by atoms with Crippen molar-refractivity contribution >= 4 is 16.6 Å². The maximum absolute atomic E-state index is 12.8. The Labute approximate surface area is 152 Å². The van der Waals surface area contributed by atoms with Gasteiger partial charge in [-0.15, -0.1) is 0 Å². The number of aryl methyl sites for hydroxylation is 1. The monoisotopic (exact) mass is 378 g/mol. The number of aliphatic hydroxyl groups excluding tert-OH is 1. The Bertz CT molecular complexity index is 1070. The molecule has 2 N–H and O–H groups in total. The van der Waals surface area contributed by atoms with E-state index in [2.05, 4.69) is 21.6 Å². The van der Waals surface area contributed by atoms with Crippen LogP contribution in [0.15, 0.2) is 35.6 Å². The molecule has 0 radical (unpaired) electrons. The molecule has 3 aromatic rings. The SMILES string of the molecule is C=C(c1ccc(C(F)(F)F)cc1)c1nn([C@H](C)CO)c2c(=O)[nH]c(C)nc12. The van der Waals surface area contributed by atoms with Gasteiger partial charge in [0.2, 0.25) is 0 Å². The Morgan fingerprint density at radius 1 is 1.33 bits per heavy atom. The zero-order valence-corrected chi connectivity index (χ0v) is 14.6. The summed E-state index contributed by atoms with van der Waals surface area (Å²) in [7, 11) is 0. The van der Waals surface area contributed by atoms with Crippen LogP contribution in [0.5, 0.6) is 0 Å². The van der Waals surface area contributed by atoms with Crippen molar-refractivity contribution in [1.29, 1.82) is 0 Å². The third kappa shape index (κ3) is 3.37. The van der Waals surface area contributed by atoms with E-state index in [1.165, 1.54) is 16.8 Å². The standard InChI is InChI=1S/C18H17F3N4O2/c1-9(8-26)25-16-15(22-11(3)23-17(16)27)14(24-25)10(2)12-4-6-13(7-5-12)18(19,20)21/h4-7,9,26H,2,8H2,1,3H3,(H,22,23,27)/t9-/m1/s1. The minimum absolute atomic E-state index is 0.171. The lowest BCUT2D eigenvalue weighted by Crippen LogP contribution is -2.18. The van der Waals surface area contributed by atoms with Gasteiger partial charge in [-0.3, -0.25) is 9.48 Å². The predicted octanol–water partition coefficient (Wildman–Crippen LogP) is 3.06. The highest BCUT2D eigenvalue weighted by Gasteiger charge is 2.30. The van der Waals surface area contributed by atoms with E-state index >= 15 is 0 Å². The quantitative estimate of drug-likeness (QED) is 0.731. The summed E-state index contributed by atoms with van der Waals surface area (Å²) in [6, 6.07) is 4.02. The molecule has 0 aliphatic carbocycles. The number of halogens is 3. The summed E-state index contributed by atoms with van der Waals surface area (Å²) in [5, 5.41) is 13.8. The van der Waals surface area contributed by atoms with Gasteiger partial charge in [0.25, 0.3) is 5.56 Å². The molecule has 3 rings (SSSR count). The van der Waals surface area contributed by atoms with Gasteiger partial charge in [0, 0.05) is 5.57 Å². The van der Waals surface area contributed by atoms with Crippen LogP contribution in [0, 0.1) is 6.92 Å². The molecule has 0 saturated heterocycles. The minimum Gasteiger partial charge on any atom is -0.394 e. The summed E-state index contributed by atoms with van der Waals surface area (Å²) in [4.78, 5) is 19.3. The van der Waals surface area contributed by atoms with E-state index in [1.807, 2.05) is 0 Å². The number of alkyl halides is 3. The molecule has 1 aromatic carbocycles. The summed E-state index contributed by atoms with van der Waals surface area (Å²) in [6.45, 7) is 6.96. The zero-order chi connectivity index (χ0) is 19.9. The fourth-order valence-corrected chi connectivity index (χ4v) is 2.76. The number of aromatic amines is 1. The first-order valence-corrected chi connectivity index (χ1v) is 8.10. The average Bonchev–Trinajstić information content (AvgIpc) is 2.99. The highest BCUT2D eigenvalue weighted by atomic mass is 19.4. The van der Waals surface area contributed by atoms with E-state index in [9.17, 15) is 23.1 Å². The van der Waals surface area contributed by atoms with Crippen molar-refractivity contribution in [3.8, 4) is 0 Å². The smallest absolute Gasteiger partial charge is 0.394 e. The number of benzene rings is 1. The molecule has 0 unspecified atom stereocenters. The van der Waals surface area contributed by atoms with Crippen molar-refractivity contribution < 1.29 is 18.3 Å². The fourth-order valence-electron chi connectivity index (χ4n) is 2.76. The number of H-pyrrole nitrogens is 1. The van der Waals surface area contributed by atoms with Gasteiger partial charge in [0.15, 0.2) is 5.52 Å². The van der Waals surface area contributed by atoms with Crippen molar-refractivity contribution in [3.05, 3.63) is 63.8 Å².